The average molecular weight is 524 g/mol. The number of rotatable bonds is 7. The molecule has 2 N–H and O–H groups in total. The second-order valence-electron chi connectivity index (χ2n) is 9.12. The summed E-state index contributed by atoms with van der Waals surface area (Å²) in [5.74, 6) is -0.0986. The first-order chi connectivity index (χ1) is 18.1. The van der Waals surface area contributed by atoms with Crippen LogP contribution >= 0.6 is 0 Å². The number of carbonyl (C=O) groups is 1. The number of aryl methyl sites for hydroxylation is 1. The van der Waals surface area contributed by atoms with Crippen molar-refractivity contribution < 1.29 is 22.7 Å². The minimum Gasteiger partial charge on any atom is -0.467 e. The molecule has 0 radical (unpaired) electrons. The second kappa shape index (κ2) is 11.5. The molecule has 2 heterocycles. The fraction of sp³-hybridized carbons (Fsp3) is 0.286. The van der Waals surface area contributed by atoms with Crippen molar-refractivity contribution in [3.8, 4) is 5.88 Å². The Morgan fingerprint density at radius 1 is 1.21 bits per heavy atom. The molecule has 0 fully saturated rings. The maximum atomic E-state index is 12.9. The quantitative estimate of drug-likeness (QED) is 0.349. The molecular weight excluding hydrogens is 495 g/mol. The lowest BCUT2D eigenvalue weighted by Crippen LogP contribution is -2.20. The zero-order valence-electron chi connectivity index (χ0n) is 21.1. The lowest BCUT2D eigenvalue weighted by molar-refractivity contribution is -0.154. The third kappa shape index (κ3) is 6.76. The van der Waals surface area contributed by atoms with E-state index in [1.807, 2.05) is 12.1 Å². The number of allylic oxidation sites excluding steroid dienone is 1. The van der Waals surface area contributed by atoms with E-state index in [-0.39, 0.29) is 28.9 Å². The SMILES string of the molecule is C=CC(=O)Nc1cc(Nc2nccc(/C3=C/CCC(C)Cc4ccccc43)n2)c(OCC(F)(F)F)nc1C. The average Bonchev–Trinajstić information content (AvgIpc) is 2.86. The summed E-state index contributed by atoms with van der Waals surface area (Å²) in [5, 5.41) is 5.51. The van der Waals surface area contributed by atoms with Crippen LogP contribution in [0.1, 0.15) is 42.3 Å². The number of alkyl halides is 3. The van der Waals surface area contributed by atoms with Crippen molar-refractivity contribution in [3.05, 3.63) is 83.8 Å². The Bertz CT molecular complexity index is 1370. The van der Waals surface area contributed by atoms with Crippen molar-refractivity contribution in [1.82, 2.24) is 15.0 Å². The van der Waals surface area contributed by atoms with Crippen molar-refractivity contribution in [2.45, 2.75) is 39.3 Å². The number of nitrogens with zero attached hydrogens (tertiary/aromatic N) is 3. The number of aromatic nitrogens is 3. The monoisotopic (exact) mass is 523 g/mol. The summed E-state index contributed by atoms with van der Waals surface area (Å²) in [5.41, 5.74) is 4.56. The molecule has 10 heteroatoms. The van der Waals surface area contributed by atoms with Crippen LogP contribution in [0.2, 0.25) is 0 Å². The highest BCUT2D eigenvalue weighted by molar-refractivity contribution is 5.99. The first-order valence-electron chi connectivity index (χ1n) is 12.2. The predicted octanol–water partition coefficient (Wildman–Crippen LogP) is 6.39. The minimum atomic E-state index is -4.56. The van der Waals surface area contributed by atoms with Gasteiger partial charge in [-0.2, -0.15) is 13.2 Å². The number of benzene rings is 1. The summed E-state index contributed by atoms with van der Waals surface area (Å²) in [6.45, 7) is 5.66. The van der Waals surface area contributed by atoms with E-state index in [4.69, 9.17) is 4.74 Å². The summed E-state index contributed by atoms with van der Waals surface area (Å²) in [4.78, 5) is 24.9. The summed E-state index contributed by atoms with van der Waals surface area (Å²) in [6.07, 6.45) is 3.15. The van der Waals surface area contributed by atoms with Crippen LogP contribution in [0, 0.1) is 12.8 Å². The molecule has 1 unspecified atom stereocenters. The smallest absolute Gasteiger partial charge is 0.422 e. The fourth-order valence-electron chi connectivity index (χ4n) is 4.24. The molecule has 1 aromatic carbocycles. The molecule has 7 nitrogen and oxygen atoms in total. The van der Waals surface area contributed by atoms with E-state index in [1.165, 1.54) is 11.6 Å². The molecule has 38 heavy (non-hydrogen) atoms. The molecule has 0 spiro atoms. The number of halogens is 3. The van der Waals surface area contributed by atoms with E-state index < -0.39 is 18.7 Å². The van der Waals surface area contributed by atoms with Crippen LogP contribution in [0.3, 0.4) is 0 Å². The maximum Gasteiger partial charge on any atom is 0.422 e. The zero-order valence-corrected chi connectivity index (χ0v) is 21.1. The number of carbonyl (C=O) groups excluding carboxylic acids is 1. The van der Waals surface area contributed by atoms with Gasteiger partial charge in [0.2, 0.25) is 17.7 Å². The van der Waals surface area contributed by atoms with E-state index in [1.54, 1.807) is 19.2 Å². The number of hydrogen-bond acceptors (Lipinski definition) is 6. The van der Waals surface area contributed by atoms with Crippen LogP contribution in [-0.4, -0.2) is 33.6 Å². The number of fused-ring (bicyclic) bond motifs is 1. The van der Waals surface area contributed by atoms with E-state index in [2.05, 4.69) is 57.3 Å². The van der Waals surface area contributed by atoms with E-state index in [9.17, 15) is 18.0 Å². The van der Waals surface area contributed by atoms with Gasteiger partial charge in [0.1, 0.15) is 5.69 Å². The normalized spacial score (nSPS) is 16.8. The van der Waals surface area contributed by atoms with Crippen molar-refractivity contribution in [1.29, 1.82) is 0 Å². The van der Waals surface area contributed by atoms with Crippen LogP contribution in [0.5, 0.6) is 5.88 Å². The number of amides is 1. The van der Waals surface area contributed by atoms with E-state index in [0.29, 0.717) is 11.6 Å². The Morgan fingerprint density at radius 2 is 2.00 bits per heavy atom. The van der Waals surface area contributed by atoms with E-state index in [0.717, 1.165) is 36.5 Å². The third-order valence-electron chi connectivity index (χ3n) is 6.06. The third-order valence-corrected chi connectivity index (χ3v) is 6.06. The molecule has 2 aromatic heterocycles. The molecule has 1 aliphatic rings. The lowest BCUT2D eigenvalue weighted by atomic mass is 9.86. The summed E-state index contributed by atoms with van der Waals surface area (Å²) in [7, 11) is 0. The summed E-state index contributed by atoms with van der Waals surface area (Å²) < 4.78 is 43.7. The van der Waals surface area contributed by atoms with Gasteiger partial charge in [0.05, 0.1) is 17.1 Å². The van der Waals surface area contributed by atoms with Gasteiger partial charge in [-0.25, -0.2) is 15.0 Å². The van der Waals surface area contributed by atoms with Crippen LogP contribution in [0.15, 0.2) is 61.3 Å². The number of pyridine rings is 1. The molecular formula is C28H28F3N5O2. The van der Waals surface area contributed by atoms with Gasteiger partial charge >= 0.3 is 6.18 Å². The Morgan fingerprint density at radius 3 is 2.76 bits per heavy atom. The van der Waals surface area contributed by atoms with Crippen molar-refractivity contribution in [2.75, 3.05) is 17.2 Å². The van der Waals surface area contributed by atoms with Gasteiger partial charge in [0, 0.05) is 11.8 Å². The molecule has 3 aromatic rings. The Kier molecular flexibility index (Phi) is 8.09. The van der Waals surface area contributed by atoms with Gasteiger partial charge in [-0.15, -0.1) is 0 Å². The summed E-state index contributed by atoms with van der Waals surface area (Å²) in [6, 6.07) is 11.4. The number of nitrogens with one attached hydrogen (secondary N) is 2. The van der Waals surface area contributed by atoms with Crippen molar-refractivity contribution in [3.63, 3.8) is 0 Å². The molecule has 0 bridgehead atoms. The lowest BCUT2D eigenvalue weighted by Gasteiger charge is -2.20. The number of hydrogen-bond donors (Lipinski definition) is 2. The Hall–Kier alpha value is -4.21. The first-order valence-corrected chi connectivity index (χ1v) is 12.2. The molecule has 1 amide bonds. The predicted molar refractivity (Wildman–Crippen MR) is 140 cm³/mol. The zero-order chi connectivity index (χ0) is 27.3. The fourth-order valence-corrected chi connectivity index (χ4v) is 4.24. The molecule has 1 atom stereocenters. The Balaban J connectivity index is 1.70. The highest BCUT2D eigenvalue weighted by atomic mass is 19.4. The molecule has 4 rings (SSSR count). The molecule has 198 valence electrons. The highest BCUT2D eigenvalue weighted by Crippen LogP contribution is 2.34. The molecule has 0 aliphatic heterocycles. The van der Waals surface area contributed by atoms with E-state index >= 15 is 0 Å². The van der Waals surface area contributed by atoms with Crippen LogP contribution in [0.4, 0.5) is 30.5 Å². The number of anilines is 3. The molecule has 1 aliphatic carbocycles. The number of ether oxygens (including phenoxy) is 1. The topological polar surface area (TPSA) is 89.0 Å². The van der Waals surface area contributed by atoms with Crippen LogP contribution < -0.4 is 15.4 Å². The van der Waals surface area contributed by atoms with Gasteiger partial charge in [-0.05, 0) is 61.4 Å². The van der Waals surface area contributed by atoms with Crippen molar-refractivity contribution in [2.24, 2.45) is 5.92 Å². The van der Waals surface area contributed by atoms with Gasteiger partial charge in [0.15, 0.2) is 6.61 Å². The van der Waals surface area contributed by atoms with Gasteiger partial charge in [-0.1, -0.05) is 43.8 Å². The highest BCUT2D eigenvalue weighted by Gasteiger charge is 2.29. The largest absolute Gasteiger partial charge is 0.467 e. The van der Waals surface area contributed by atoms with Crippen molar-refractivity contribution >= 4 is 28.8 Å². The summed E-state index contributed by atoms with van der Waals surface area (Å²) >= 11 is 0. The molecule has 0 saturated carbocycles. The first kappa shape index (κ1) is 26.8. The maximum absolute atomic E-state index is 12.9. The minimum absolute atomic E-state index is 0.0669. The van der Waals surface area contributed by atoms with Crippen LogP contribution in [-0.2, 0) is 11.2 Å². The molecule has 0 saturated heterocycles. The van der Waals surface area contributed by atoms with Gasteiger partial charge in [-0.3, -0.25) is 4.79 Å². The Labute approximate surface area is 218 Å². The standard InChI is InChI=1S/C28H28F3N5O2/c1-4-25(37)34-23-15-24(26(33-18(23)3)38-16-28(29,30)31)36-27-32-13-12-22(35-27)21-11-7-8-17(2)14-19-9-5-6-10-20(19)21/h4-6,9-13,15,17H,1,7-8,14,16H2,2-3H3,(H,34,37)(H,32,35,36)/b21-11+. The van der Waals surface area contributed by atoms with Gasteiger partial charge in [0.25, 0.3) is 0 Å². The van der Waals surface area contributed by atoms with Crippen LogP contribution in [0.25, 0.3) is 5.57 Å². The van der Waals surface area contributed by atoms with Gasteiger partial charge < -0.3 is 15.4 Å². The second-order valence-corrected chi connectivity index (χ2v) is 9.12.